The van der Waals surface area contributed by atoms with E-state index < -0.39 is 0 Å². The first-order chi connectivity index (χ1) is 11.4. The lowest BCUT2D eigenvalue weighted by molar-refractivity contribution is -0.138. The average molecular weight is 336 g/mol. The monoisotopic (exact) mass is 336 g/mol. The van der Waals surface area contributed by atoms with Crippen LogP contribution in [0.25, 0.3) is 0 Å². The van der Waals surface area contributed by atoms with Gasteiger partial charge in [0.05, 0.1) is 13.2 Å². The van der Waals surface area contributed by atoms with Crippen molar-refractivity contribution >= 4 is 11.9 Å². The van der Waals surface area contributed by atoms with Gasteiger partial charge in [0.1, 0.15) is 0 Å². The molecule has 0 aromatic heterocycles. The quantitative estimate of drug-likeness (QED) is 0.272. The van der Waals surface area contributed by atoms with Crippen LogP contribution in [-0.4, -0.2) is 25.2 Å². The van der Waals surface area contributed by atoms with Crippen molar-refractivity contribution in [1.29, 1.82) is 0 Å². The standard InChI is InChI=1S/C7H12O2.C5H8O2.2C4H6/c1-3-5-6-9-7(8)4-2;1-3-5(6)7-4-2;2*1-3-4-2/h4H,2-3,5-6H2,1H3;3H,1,4H2,2H3;2*3-4H,1-2H2. The summed E-state index contributed by atoms with van der Waals surface area (Å²) in [5.74, 6) is -0.689. The largest absolute Gasteiger partial charge is 0.463 e. The minimum Gasteiger partial charge on any atom is -0.463 e. The van der Waals surface area contributed by atoms with Gasteiger partial charge in [-0.25, -0.2) is 9.59 Å². The lowest BCUT2D eigenvalue weighted by Crippen LogP contribution is -2.00. The maximum Gasteiger partial charge on any atom is 0.330 e. The molecule has 0 unspecified atom stereocenters. The number of hydrogen-bond donors (Lipinski definition) is 0. The van der Waals surface area contributed by atoms with Crippen LogP contribution in [0.4, 0.5) is 0 Å². The highest BCUT2D eigenvalue weighted by Gasteiger charge is 1.91. The molecule has 0 aromatic rings. The van der Waals surface area contributed by atoms with Gasteiger partial charge < -0.3 is 9.47 Å². The normalized spacial score (nSPS) is 7.08. The second-order valence-electron chi connectivity index (χ2n) is 3.62. The summed E-state index contributed by atoms with van der Waals surface area (Å²) in [5.41, 5.74) is 0. The zero-order valence-electron chi connectivity index (χ0n) is 15.2. The number of esters is 2. The van der Waals surface area contributed by atoms with E-state index in [1.165, 1.54) is 6.08 Å². The van der Waals surface area contributed by atoms with Crippen LogP contribution in [-0.2, 0) is 19.1 Å². The highest BCUT2D eigenvalue weighted by Crippen LogP contribution is 1.88. The van der Waals surface area contributed by atoms with Gasteiger partial charge in [-0.3, -0.25) is 0 Å². The zero-order valence-corrected chi connectivity index (χ0v) is 15.2. The fourth-order valence-corrected chi connectivity index (χ4v) is 0.577. The number of unbranched alkanes of at least 4 members (excludes halogenated alkanes) is 1. The van der Waals surface area contributed by atoms with Crippen molar-refractivity contribution in [2.75, 3.05) is 13.2 Å². The van der Waals surface area contributed by atoms with Crippen molar-refractivity contribution in [2.24, 2.45) is 0 Å². The van der Waals surface area contributed by atoms with Crippen LogP contribution in [0, 0.1) is 0 Å². The van der Waals surface area contributed by atoms with E-state index in [0.29, 0.717) is 13.2 Å². The molecule has 0 fully saturated rings. The lowest BCUT2D eigenvalue weighted by atomic mass is 10.4. The van der Waals surface area contributed by atoms with E-state index in [2.05, 4.69) is 48.9 Å². The Bertz CT molecular complexity index is 344. The van der Waals surface area contributed by atoms with Crippen molar-refractivity contribution in [1.82, 2.24) is 0 Å². The van der Waals surface area contributed by atoms with Gasteiger partial charge in [-0.15, -0.1) is 0 Å². The molecule has 0 aliphatic carbocycles. The van der Waals surface area contributed by atoms with E-state index in [-0.39, 0.29) is 11.9 Å². The van der Waals surface area contributed by atoms with E-state index in [1.54, 1.807) is 31.2 Å². The van der Waals surface area contributed by atoms with Crippen LogP contribution in [0.2, 0.25) is 0 Å². The third kappa shape index (κ3) is 50.6. The molecule has 0 aliphatic heterocycles. The number of carbonyl (C=O) groups is 2. The summed E-state index contributed by atoms with van der Waals surface area (Å²) in [6.45, 7) is 24.6. The summed E-state index contributed by atoms with van der Waals surface area (Å²) in [7, 11) is 0. The second-order valence-corrected chi connectivity index (χ2v) is 3.62. The lowest BCUT2D eigenvalue weighted by Gasteiger charge is -1.97. The molecule has 0 bridgehead atoms. The van der Waals surface area contributed by atoms with Gasteiger partial charge in [0.25, 0.3) is 0 Å². The Balaban J connectivity index is -0.000000119. The van der Waals surface area contributed by atoms with Gasteiger partial charge in [0, 0.05) is 12.2 Å². The molecule has 0 aliphatic rings. The van der Waals surface area contributed by atoms with E-state index in [0.717, 1.165) is 18.9 Å². The van der Waals surface area contributed by atoms with Gasteiger partial charge in [-0.2, -0.15) is 0 Å². The van der Waals surface area contributed by atoms with E-state index >= 15 is 0 Å². The molecule has 0 heterocycles. The predicted molar refractivity (Wildman–Crippen MR) is 104 cm³/mol. The van der Waals surface area contributed by atoms with Crippen molar-refractivity contribution in [3.05, 3.63) is 75.9 Å². The fraction of sp³-hybridized carbons (Fsp3) is 0.300. The van der Waals surface area contributed by atoms with Crippen LogP contribution in [0.5, 0.6) is 0 Å². The summed E-state index contributed by atoms with van der Waals surface area (Å²) >= 11 is 0. The predicted octanol–water partition coefficient (Wildman–Crippen LogP) is 4.97. The first-order valence-corrected chi connectivity index (χ1v) is 7.50. The molecular formula is C20H32O4. The molecule has 0 saturated heterocycles. The van der Waals surface area contributed by atoms with Crippen molar-refractivity contribution in [2.45, 2.75) is 26.7 Å². The van der Waals surface area contributed by atoms with Gasteiger partial charge in [-0.05, 0) is 13.3 Å². The van der Waals surface area contributed by atoms with E-state index in [9.17, 15) is 9.59 Å². The Kier molecular flexibility index (Phi) is 39.6. The maximum absolute atomic E-state index is 10.3. The van der Waals surface area contributed by atoms with Crippen LogP contribution < -0.4 is 0 Å². The average Bonchev–Trinajstić information content (AvgIpc) is 2.62. The molecule has 136 valence electrons. The van der Waals surface area contributed by atoms with Crippen molar-refractivity contribution in [3.63, 3.8) is 0 Å². The van der Waals surface area contributed by atoms with Crippen LogP contribution in [0.15, 0.2) is 75.9 Å². The zero-order chi connectivity index (χ0) is 19.6. The topological polar surface area (TPSA) is 52.6 Å². The van der Waals surface area contributed by atoms with Gasteiger partial charge in [-0.1, -0.05) is 77.1 Å². The van der Waals surface area contributed by atoms with Gasteiger partial charge in [0.15, 0.2) is 0 Å². The SMILES string of the molecule is C=CC(=O)OCC.C=CC(=O)OCCCC.C=CC=C.C=CC=C. The molecule has 0 saturated carbocycles. The van der Waals surface area contributed by atoms with E-state index in [1.807, 2.05) is 6.92 Å². The maximum atomic E-state index is 10.3. The van der Waals surface area contributed by atoms with Crippen LogP contribution in [0.1, 0.15) is 26.7 Å². The summed E-state index contributed by atoms with van der Waals surface area (Å²) in [4.78, 5) is 20.4. The fourth-order valence-electron chi connectivity index (χ4n) is 0.577. The molecule has 0 radical (unpaired) electrons. The number of allylic oxidation sites excluding steroid dienone is 4. The van der Waals surface area contributed by atoms with Gasteiger partial charge >= 0.3 is 11.9 Å². The van der Waals surface area contributed by atoms with Crippen molar-refractivity contribution in [3.8, 4) is 0 Å². The number of rotatable bonds is 8. The smallest absolute Gasteiger partial charge is 0.330 e. The van der Waals surface area contributed by atoms with Crippen LogP contribution >= 0.6 is 0 Å². The molecule has 4 heteroatoms. The Morgan fingerprint density at radius 1 is 0.750 bits per heavy atom. The van der Waals surface area contributed by atoms with E-state index in [4.69, 9.17) is 0 Å². The Hall–Kier alpha value is -2.62. The number of hydrogen-bond acceptors (Lipinski definition) is 4. The molecule has 0 atom stereocenters. The molecule has 0 aromatic carbocycles. The summed E-state index contributed by atoms with van der Waals surface area (Å²) in [6.07, 6.45) is 10.9. The van der Waals surface area contributed by atoms with Crippen molar-refractivity contribution < 1.29 is 19.1 Å². The highest BCUT2D eigenvalue weighted by atomic mass is 16.5. The molecule has 0 spiro atoms. The summed E-state index contributed by atoms with van der Waals surface area (Å²) in [5, 5.41) is 0. The first-order valence-electron chi connectivity index (χ1n) is 7.50. The molecular weight excluding hydrogens is 304 g/mol. The first kappa shape index (κ1) is 29.4. The van der Waals surface area contributed by atoms with Gasteiger partial charge in [0.2, 0.25) is 0 Å². The molecule has 0 N–H and O–H groups in total. The Labute approximate surface area is 147 Å². The third-order valence-electron chi connectivity index (χ3n) is 1.70. The molecule has 4 nitrogen and oxygen atoms in total. The summed E-state index contributed by atoms with van der Waals surface area (Å²) < 4.78 is 9.11. The minimum atomic E-state index is -0.359. The molecule has 0 rings (SSSR count). The second kappa shape index (κ2) is 32.4. The number of carbonyl (C=O) groups excluding carboxylic acids is 2. The minimum absolute atomic E-state index is 0.330. The summed E-state index contributed by atoms with van der Waals surface area (Å²) in [6, 6.07) is 0. The molecule has 24 heavy (non-hydrogen) atoms. The van der Waals surface area contributed by atoms with Crippen LogP contribution in [0.3, 0.4) is 0 Å². The Morgan fingerprint density at radius 2 is 1.12 bits per heavy atom. The molecule has 0 amide bonds. The highest BCUT2D eigenvalue weighted by molar-refractivity contribution is 5.81. The number of ether oxygens (including phenoxy) is 2. The third-order valence-corrected chi connectivity index (χ3v) is 1.70. The Morgan fingerprint density at radius 3 is 1.33 bits per heavy atom.